The van der Waals surface area contributed by atoms with Gasteiger partial charge in [0.2, 0.25) is 5.91 Å². The Morgan fingerprint density at radius 1 is 1.33 bits per heavy atom. The second kappa shape index (κ2) is 8.52. The summed E-state index contributed by atoms with van der Waals surface area (Å²) in [5.74, 6) is 2.12. The molecule has 1 fully saturated rings. The molecule has 1 aromatic carbocycles. The van der Waals surface area contributed by atoms with Gasteiger partial charge in [0.15, 0.2) is 0 Å². The van der Waals surface area contributed by atoms with E-state index in [9.17, 15) is 4.79 Å². The van der Waals surface area contributed by atoms with E-state index in [2.05, 4.69) is 17.5 Å². The maximum absolute atomic E-state index is 12.2. The van der Waals surface area contributed by atoms with E-state index in [0.717, 1.165) is 34.1 Å². The smallest absolute Gasteiger partial charge is 0.242 e. The van der Waals surface area contributed by atoms with Crippen LogP contribution in [0.25, 0.3) is 5.69 Å². The number of thioether (sulfide) groups is 2. The molecule has 0 aliphatic carbocycles. The molecule has 2 heterocycles. The van der Waals surface area contributed by atoms with Crippen LogP contribution in [-0.2, 0) is 4.79 Å². The zero-order valence-corrected chi connectivity index (χ0v) is 18.5. The standard InChI is InChI=1S/C19H21Cl2N3OS2/c1-12-9-14(11-22-23-17(25)10-19(3)26-7-8-27-19)13(2)24(12)16-6-4-5-15(20)18(16)21/h4-6,9,11H,7-8,10H2,1-3H3,(H,23,25)/b22-11-. The van der Waals surface area contributed by atoms with Crippen molar-refractivity contribution < 1.29 is 4.79 Å². The number of aromatic nitrogens is 1. The predicted molar refractivity (Wildman–Crippen MR) is 119 cm³/mol. The fraction of sp³-hybridized carbons (Fsp3) is 0.368. The maximum Gasteiger partial charge on any atom is 0.242 e. The molecule has 0 atom stereocenters. The lowest BCUT2D eigenvalue weighted by molar-refractivity contribution is -0.121. The van der Waals surface area contributed by atoms with Crippen molar-refractivity contribution in [1.82, 2.24) is 9.99 Å². The van der Waals surface area contributed by atoms with E-state index < -0.39 is 0 Å². The highest BCUT2D eigenvalue weighted by atomic mass is 35.5. The van der Waals surface area contributed by atoms with E-state index in [1.54, 1.807) is 12.3 Å². The molecule has 0 saturated carbocycles. The van der Waals surface area contributed by atoms with Crippen LogP contribution >= 0.6 is 46.7 Å². The first-order valence-electron chi connectivity index (χ1n) is 8.54. The molecule has 8 heteroatoms. The Labute approximate surface area is 178 Å². The molecule has 1 saturated heterocycles. The van der Waals surface area contributed by atoms with Crippen LogP contribution in [0.1, 0.15) is 30.3 Å². The van der Waals surface area contributed by atoms with Gasteiger partial charge in [0, 0.05) is 28.5 Å². The van der Waals surface area contributed by atoms with Gasteiger partial charge in [0.05, 0.1) is 32.4 Å². The van der Waals surface area contributed by atoms with E-state index in [1.165, 1.54) is 0 Å². The highest BCUT2D eigenvalue weighted by Crippen LogP contribution is 2.45. The highest BCUT2D eigenvalue weighted by molar-refractivity contribution is 8.21. The first kappa shape index (κ1) is 20.6. The molecule has 2 aromatic rings. The molecule has 0 unspecified atom stereocenters. The molecule has 1 N–H and O–H groups in total. The van der Waals surface area contributed by atoms with Gasteiger partial charge >= 0.3 is 0 Å². The van der Waals surface area contributed by atoms with Crippen molar-refractivity contribution in [3.8, 4) is 5.69 Å². The normalized spacial score (nSPS) is 16.2. The molecule has 4 nitrogen and oxygen atoms in total. The molecular weight excluding hydrogens is 421 g/mol. The van der Waals surface area contributed by atoms with Gasteiger partial charge in [0.25, 0.3) is 0 Å². The van der Waals surface area contributed by atoms with Crippen LogP contribution in [0.5, 0.6) is 0 Å². The number of nitrogens with one attached hydrogen (secondary N) is 1. The SMILES string of the molecule is Cc1cc(/C=N\NC(=O)CC2(C)SCCS2)c(C)n1-c1cccc(Cl)c1Cl. The number of halogens is 2. The number of hydrogen-bond donors (Lipinski definition) is 1. The Hall–Kier alpha value is -1.08. The Morgan fingerprint density at radius 2 is 2.04 bits per heavy atom. The summed E-state index contributed by atoms with van der Waals surface area (Å²) in [5.41, 5.74) is 6.37. The summed E-state index contributed by atoms with van der Waals surface area (Å²) in [7, 11) is 0. The molecular formula is C19H21Cl2N3OS2. The lowest BCUT2D eigenvalue weighted by Gasteiger charge is -2.19. The van der Waals surface area contributed by atoms with Gasteiger partial charge in [-0.15, -0.1) is 23.5 Å². The Morgan fingerprint density at radius 3 is 2.74 bits per heavy atom. The molecule has 1 aromatic heterocycles. The van der Waals surface area contributed by atoms with Crippen molar-refractivity contribution in [2.45, 2.75) is 31.3 Å². The van der Waals surface area contributed by atoms with E-state index in [-0.39, 0.29) is 9.99 Å². The average Bonchev–Trinajstić information content (AvgIpc) is 3.14. The Kier molecular flexibility index (Phi) is 6.51. The minimum Gasteiger partial charge on any atom is -0.316 e. The Balaban J connectivity index is 1.74. The lowest BCUT2D eigenvalue weighted by atomic mass is 10.2. The second-order valence-corrected chi connectivity index (χ2v) is 10.8. The Bertz CT molecular complexity index is 889. The summed E-state index contributed by atoms with van der Waals surface area (Å²) < 4.78 is 1.99. The van der Waals surface area contributed by atoms with Crippen LogP contribution in [0.2, 0.25) is 10.0 Å². The van der Waals surface area contributed by atoms with Crippen LogP contribution < -0.4 is 5.43 Å². The van der Waals surface area contributed by atoms with Crippen LogP contribution in [0.4, 0.5) is 0 Å². The summed E-state index contributed by atoms with van der Waals surface area (Å²) in [6.45, 7) is 6.09. The number of rotatable bonds is 5. The monoisotopic (exact) mass is 441 g/mol. The van der Waals surface area contributed by atoms with Gasteiger partial charge in [-0.2, -0.15) is 5.10 Å². The number of amides is 1. The van der Waals surface area contributed by atoms with Gasteiger partial charge in [-0.05, 0) is 39.0 Å². The van der Waals surface area contributed by atoms with Gasteiger partial charge in [-0.1, -0.05) is 29.3 Å². The number of nitrogens with zero attached hydrogens (tertiary/aromatic N) is 2. The predicted octanol–water partition coefficient (Wildman–Crippen LogP) is 5.44. The third kappa shape index (κ3) is 4.67. The fourth-order valence-corrected chi connectivity index (χ4v) is 6.33. The first-order valence-corrected chi connectivity index (χ1v) is 11.3. The largest absolute Gasteiger partial charge is 0.316 e. The van der Waals surface area contributed by atoms with Crippen LogP contribution in [-0.4, -0.2) is 32.3 Å². The number of hydrogen-bond acceptors (Lipinski definition) is 4. The average molecular weight is 442 g/mol. The summed E-state index contributed by atoms with van der Waals surface area (Å²) in [6.07, 6.45) is 2.13. The first-order chi connectivity index (χ1) is 12.8. The van der Waals surface area contributed by atoms with Crippen molar-refractivity contribution in [3.63, 3.8) is 0 Å². The third-order valence-corrected chi connectivity index (χ3v) is 8.52. The quantitative estimate of drug-likeness (QED) is 0.496. The number of hydrazone groups is 1. The van der Waals surface area contributed by atoms with Gasteiger partial charge < -0.3 is 4.57 Å². The van der Waals surface area contributed by atoms with E-state index in [4.69, 9.17) is 23.2 Å². The molecule has 1 amide bonds. The van der Waals surface area contributed by atoms with Crippen LogP contribution in [0, 0.1) is 13.8 Å². The van der Waals surface area contributed by atoms with Crippen molar-refractivity contribution in [1.29, 1.82) is 0 Å². The van der Waals surface area contributed by atoms with E-state index >= 15 is 0 Å². The number of aryl methyl sites for hydroxylation is 1. The molecule has 0 bridgehead atoms. The summed E-state index contributed by atoms with van der Waals surface area (Å²) in [6, 6.07) is 7.57. The summed E-state index contributed by atoms with van der Waals surface area (Å²) in [5, 5.41) is 5.17. The van der Waals surface area contributed by atoms with Crippen LogP contribution in [0.15, 0.2) is 29.4 Å². The molecule has 0 spiro atoms. The van der Waals surface area contributed by atoms with Gasteiger partial charge in [0.1, 0.15) is 0 Å². The van der Waals surface area contributed by atoms with Crippen molar-refractivity contribution >= 4 is 58.8 Å². The van der Waals surface area contributed by atoms with Crippen LogP contribution in [0.3, 0.4) is 0 Å². The van der Waals surface area contributed by atoms with E-state index in [0.29, 0.717) is 16.5 Å². The number of carbonyl (C=O) groups excluding carboxylic acids is 1. The molecule has 1 aliphatic heterocycles. The molecule has 3 rings (SSSR count). The van der Waals surface area contributed by atoms with Crippen molar-refractivity contribution in [2.75, 3.05) is 11.5 Å². The molecule has 27 heavy (non-hydrogen) atoms. The van der Waals surface area contributed by atoms with Crippen molar-refractivity contribution in [2.24, 2.45) is 5.10 Å². The number of carbonyl (C=O) groups is 1. The zero-order chi connectivity index (χ0) is 19.6. The lowest BCUT2D eigenvalue weighted by Crippen LogP contribution is -2.26. The topological polar surface area (TPSA) is 46.4 Å². The van der Waals surface area contributed by atoms with Gasteiger partial charge in [-0.25, -0.2) is 5.43 Å². The molecule has 0 radical (unpaired) electrons. The molecule has 1 aliphatic rings. The maximum atomic E-state index is 12.2. The minimum absolute atomic E-state index is 0.0429. The van der Waals surface area contributed by atoms with E-state index in [1.807, 2.05) is 60.1 Å². The highest BCUT2D eigenvalue weighted by Gasteiger charge is 2.32. The zero-order valence-electron chi connectivity index (χ0n) is 15.4. The van der Waals surface area contributed by atoms with Gasteiger partial charge in [-0.3, -0.25) is 4.79 Å². The second-order valence-electron chi connectivity index (χ2n) is 6.54. The van der Waals surface area contributed by atoms with Crippen molar-refractivity contribution in [3.05, 3.63) is 51.3 Å². The number of benzene rings is 1. The molecule has 144 valence electrons. The summed E-state index contributed by atoms with van der Waals surface area (Å²) in [4.78, 5) is 12.2. The summed E-state index contributed by atoms with van der Waals surface area (Å²) >= 11 is 16.2. The fourth-order valence-electron chi connectivity index (χ4n) is 3.12. The third-order valence-electron chi connectivity index (χ3n) is 4.42. The minimum atomic E-state index is -0.0673.